The summed E-state index contributed by atoms with van der Waals surface area (Å²) in [5, 5.41) is 0. The smallest absolute Gasteiger partial charge is 0.203 e. The van der Waals surface area contributed by atoms with Crippen molar-refractivity contribution in [3.05, 3.63) is 53.9 Å². The molecular formula is C17H17NO4. The number of allylic oxidation sites excluding steroid dienone is 1. The van der Waals surface area contributed by atoms with Crippen LogP contribution in [0.4, 0.5) is 0 Å². The maximum Gasteiger partial charge on any atom is 0.203 e. The fourth-order valence-electron chi connectivity index (χ4n) is 2.03. The third kappa shape index (κ3) is 3.25. The van der Waals surface area contributed by atoms with Crippen LogP contribution in [0.5, 0.6) is 17.2 Å². The van der Waals surface area contributed by atoms with E-state index in [1.54, 1.807) is 57.0 Å². The number of pyridine rings is 1. The number of ketones is 1. The summed E-state index contributed by atoms with van der Waals surface area (Å²) in [5.41, 5.74) is 1.30. The van der Waals surface area contributed by atoms with Crippen molar-refractivity contribution in [1.29, 1.82) is 0 Å². The molecule has 2 aromatic rings. The minimum absolute atomic E-state index is 0.112. The van der Waals surface area contributed by atoms with Crippen molar-refractivity contribution in [2.75, 3.05) is 21.3 Å². The highest BCUT2D eigenvalue weighted by molar-refractivity contribution is 6.06. The van der Waals surface area contributed by atoms with Crippen LogP contribution in [0.15, 0.2) is 42.7 Å². The lowest BCUT2D eigenvalue weighted by atomic mass is 10.1. The molecule has 0 bridgehead atoms. The van der Waals surface area contributed by atoms with Gasteiger partial charge in [-0.15, -0.1) is 0 Å². The Kier molecular flexibility index (Phi) is 5.14. The number of carbonyl (C=O) groups excluding carboxylic acids is 1. The highest BCUT2D eigenvalue weighted by Gasteiger charge is 2.14. The fraction of sp³-hybridized carbons (Fsp3) is 0.176. The first-order valence-electron chi connectivity index (χ1n) is 6.62. The van der Waals surface area contributed by atoms with E-state index >= 15 is 0 Å². The van der Waals surface area contributed by atoms with Gasteiger partial charge in [0.25, 0.3) is 0 Å². The van der Waals surface area contributed by atoms with Crippen LogP contribution in [0.2, 0.25) is 0 Å². The molecule has 0 saturated carbocycles. The van der Waals surface area contributed by atoms with Gasteiger partial charge in [0, 0.05) is 23.5 Å². The molecule has 0 amide bonds. The molecule has 5 heteroatoms. The predicted octanol–water partition coefficient (Wildman–Crippen LogP) is 3.00. The average Bonchev–Trinajstić information content (AvgIpc) is 2.59. The monoisotopic (exact) mass is 299 g/mol. The zero-order valence-electron chi connectivity index (χ0n) is 12.7. The normalized spacial score (nSPS) is 10.5. The number of nitrogens with zero attached hydrogens (tertiary/aromatic N) is 1. The van der Waals surface area contributed by atoms with Crippen molar-refractivity contribution < 1.29 is 19.0 Å². The number of aromatic nitrogens is 1. The maximum atomic E-state index is 12.1. The number of ether oxygens (including phenoxy) is 3. The Morgan fingerprint density at radius 2 is 1.64 bits per heavy atom. The minimum Gasteiger partial charge on any atom is -0.493 e. The zero-order valence-corrected chi connectivity index (χ0v) is 12.7. The van der Waals surface area contributed by atoms with E-state index in [-0.39, 0.29) is 5.78 Å². The fourth-order valence-corrected chi connectivity index (χ4v) is 2.03. The third-order valence-electron chi connectivity index (χ3n) is 3.11. The van der Waals surface area contributed by atoms with Gasteiger partial charge in [-0.25, -0.2) is 0 Å². The van der Waals surface area contributed by atoms with E-state index in [9.17, 15) is 4.79 Å². The van der Waals surface area contributed by atoms with Gasteiger partial charge in [0.15, 0.2) is 17.3 Å². The van der Waals surface area contributed by atoms with E-state index in [2.05, 4.69) is 4.98 Å². The molecule has 1 heterocycles. The van der Waals surface area contributed by atoms with Gasteiger partial charge in [0.1, 0.15) is 0 Å². The number of benzene rings is 1. The van der Waals surface area contributed by atoms with Gasteiger partial charge < -0.3 is 14.2 Å². The van der Waals surface area contributed by atoms with Crippen molar-refractivity contribution in [2.45, 2.75) is 0 Å². The lowest BCUT2D eigenvalue weighted by Gasteiger charge is -2.13. The second kappa shape index (κ2) is 7.26. The molecule has 114 valence electrons. The Labute approximate surface area is 129 Å². The molecule has 1 aromatic heterocycles. The Bertz CT molecular complexity index is 681. The molecule has 0 spiro atoms. The first-order chi connectivity index (χ1) is 10.7. The van der Waals surface area contributed by atoms with Gasteiger partial charge in [0.05, 0.1) is 21.3 Å². The van der Waals surface area contributed by atoms with E-state index < -0.39 is 0 Å². The van der Waals surface area contributed by atoms with Crippen molar-refractivity contribution in [3.8, 4) is 17.2 Å². The van der Waals surface area contributed by atoms with E-state index in [0.29, 0.717) is 22.8 Å². The summed E-state index contributed by atoms with van der Waals surface area (Å²) in [6.07, 6.45) is 6.33. The first-order valence-corrected chi connectivity index (χ1v) is 6.62. The molecule has 0 N–H and O–H groups in total. The molecule has 0 fully saturated rings. The number of rotatable bonds is 6. The predicted molar refractivity (Wildman–Crippen MR) is 83.7 cm³/mol. The molecule has 22 heavy (non-hydrogen) atoms. The highest BCUT2D eigenvalue weighted by atomic mass is 16.5. The Hall–Kier alpha value is -2.82. The van der Waals surface area contributed by atoms with Crippen LogP contribution >= 0.6 is 0 Å². The van der Waals surface area contributed by atoms with Crippen LogP contribution in [-0.2, 0) is 0 Å². The molecule has 0 unspecified atom stereocenters. The summed E-state index contributed by atoms with van der Waals surface area (Å²) in [6, 6.07) is 6.89. The van der Waals surface area contributed by atoms with Gasteiger partial charge >= 0.3 is 0 Å². The first kappa shape index (κ1) is 15.6. The summed E-state index contributed by atoms with van der Waals surface area (Å²) in [7, 11) is 4.63. The van der Waals surface area contributed by atoms with Crippen LogP contribution in [0.3, 0.4) is 0 Å². The minimum atomic E-state index is -0.112. The van der Waals surface area contributed by atoms with Crippen molar-refractivity contribution in [1.82, 2.24) is 4.98 Å². The van der Waals surface area contributed by atoms with Crippen LogP contribution in [0.1, 0.15) is 15.9 Å². The summed E-state index contributed by atoms with van der Waals surface area (Å²) in [4.78, 5) is 16.0. The average molecular weight is 299 g/mol. The highest BCUT2D eigenvalue weighted by Crippen LogP contribution is 2.40. The van der Waals surface area contributed by atoms with E-state index in [0.717, 1.165) is 5.56 Å². The molecule has 0 atom stereocenters. The quantitative estimate of drug-likeness (QED) is 0.606. The summed E-state index contributed by atoms with van der Waals surface area (Å²) in [5.74, 6) is 1.46. The van der Waals surface area contributed by atoms with E-state index in [4.69, 9.17) is 14.2 Å². The van der Waals surface area contributed by atoms with E-state index in [1.807, 2.05) is 0 Å². The van der Waals surface area contributed by atoms with Crippen molar-refractivity contribution in [2.24, 2.45) is 0 Å². The Morgan fingerprint density at radius 3 is 2.23 bits per heavy atom. The van der Waals surface area contributed by atoms with Crippen LogP contribution in [0.25, 0.3) is 6.08 Å². The second-order valence-electron chi connectivity index (χ2n) is 4.36. The molecule has 1 aromatic carbocycles. The van der Waals surface area contributed by atoms with Gasteiger partial charge in [-0.3, -0.25) is 9.78 Å². The SMILES string of the molecule is COc1ccc(/C=C/C(=O)c2ccncc2)c(OC)c1OC. The zero-order chi connectivity index (χ0) is 15.9. The number of hydrogen-bond acceptors (Lipinski definition) is 5. The van der Waals surface area contributed by atoms with Gasteiger partial charge in [-0.1, -0.05) is 0 Å². The molecule has 0 aliphatic rings. The lowest BCUT2D eigenvalue weighted by molar-refractivity contribution is 0.104. The van der Waals surface area contributed by atoms with E-state index in [1.165, 1.54) is 13.2 Å². The summed E-state index contributed by atoms with van der Waals surface area (Å²) in [6.45, 7) is 0. The molecule has 0 aliphatic carbocycles. The molecule has 2 rings (SSSR count). The standard InChI is InChI=1S/C17H17NO4/c1-20-15-7-5-13(16(21-2)17(15)22-3)4-6-14(19)12-8-10-18-11-9-12/h4-11H,1-3H3/b6-4+. The summed E-state index contributed by atoms with van der Waals surface area (Å²) >= 11 is 0. The summed E-state index contributed by atoms with van der Waals surface area (Å²) < 4.78 is 15.9. The Balaban J connectivity index is 2.33. The van der Waals surface area contributed by atoms with Gasteiger partial charge in [0.2, 0.25) is 5.75 Å². The van der Waals surface area contributed by atoms with Crippen LogP contribution < -0.4 is 14.2 Å². The number of hydrogen-bond donors (Lipinski definition) is 0. The lowest BCUT2D eigenvalue weighted by Crippen LogP contribution is -1.97. The van der Waals surface area contributed by atoms with Gasteiger partial charge in [-0.05, 0) is 36.4 Å². The number of methoxy groups -OCH3 is 3. The molecule has 0 saturated heterocycles. The second-order valence-corrected chi connectivity index (χ2v) is 4.36. The van der Waals surface area contributed by atoms with Crippen molar-refractivity contribution in [3.63, 3.8) is 0 Å². The number of carbonyl (C=O) groups is 1. The molecular weight excluding hydrogens is 282 g/mol. The van der Waals surface area contributed by atoms with Crippen LogP contribution in [0, 0.1) is 0 Å². The molecule has 0 aliphatic heterocycles. The van der Waals surface area contributed by atoms with Crippen LogP contribution in [-0.4, -0.2) is 32.1 Å². The molecule has 5 nitrogen and oxygen atoms in total. The largest absolute Gasteiger partial charge is 0.493 e. The van der Waals surface area contributed by atoms with Crippen molar-refractivity contribution >= 4 is 11.9 Å². The Morgan fingerprint density at radius 1 is 0.955 bits per heavy atom. The maximum absolute atomic E-state index is 12.1. The topological polar surface area (TPSA) is 57.7 Å². The molecule has 0 radical (unpaired) electrons. The third-order valence-corrected chi connectivity index (χ3v) is 3.11. The van der Waals surface area contributed by atoms with Gasteiger partial charge in [-0.2, -0.15) is 0 Å².